The second-order valence-electron chi connectivity index (χ2n) is 9.93. The fraction of sp³-hybridized carbons (Fsp3) is 0.156. The zero-order valence-electron chi connectivity index (χ0n) is 23.9. The third kappa shape index (κ3) is 6.19. The number of anilines is 3. The highest BCUT2D eigenvalue weighted by molar-refractivity contribution is 6.00. The van der Waals surface area contributed by atoms with E-state index in [2.05, 4.69) is 15.6 Å². The second-order valence-corrected chi connectivity index (χ2v) is 9.93. The number of pyridine rings is 2. The minimum atomic E-state index is -1.14. The van der Waals surface area contributed by atoms with Gasteiger partial charge in [0.1, 0.15) is 34.8 Å². The first kappa shape index (κ1) is 30.1. The van der Waals surface area contributed by atoms with Crippen molar-refractivity contribution >= 4 is 34.1 Å². The SMILES string of the molecule is CCn1c(=O)c(-c2cc(NC(=O)Nc3cc(F)ccc3F)c(F)cc2F)cc2cnc(N(C)Cc3ccc(OC)cc3)cc21. The number of benzene rings is 3. The number of nitrogens with one attached hydrogen (secondary N) is 2. The molecule has 0 aliphatic carbocycles. The summed E-state index contributed by atoms with van der Waals surface area (Å²) in [5, 5.41) is 4.77. The van der Waals surface area contributed by atoms with Gasteiger partial charge in [0.2, 0.25) is 0 Å². The van der Waals surface area contributed by atoms with Crippen LogP contribution in [0.4, 0.5) is 39.5 Å². The molecule has 8 nitrogen and oxygen atoms in total. The van der Waals surface area contributed by atoms with E-state index in [1.54, 1.807) is 26.3 Å². The van der Waals surface area contributed by atoms with Crippen LogP contribution in [0.25, 0.3) is 22.0 Å². The van der Waals surface area contributed by atoms with Crippen molar-refractivity contribution in [3.63, 3.8) is 0 Å². The van der Waals surface area contributed by atoms with Gasteiger partial charge in [-0.2, -0.15) is 0 Å². The number of fused-ring (bicyclic) bond motifs is 1. The summed E-state index contributed by atoms with van der Waals surface area (Å²) < 4.78 is 63.9. The summed E-state index contributed by atoms with van der Waals surface area (Å²) in [5.41, 5.74) is -0.280. The summed E-state index contributed by atoms with van der Waals surface area (Å²) >= 11 is 0. The van der Waals surface area contributed by atoms with Crippen LogP contribution in [0.15, 0.2) is 77.7 Å². The first-order valence-corrected chi connectivity index (χ1v) is 13.5. The molecule has 0 saturated carbocycles. The van der Waals surface area contributed by atoms with E-state index in [0.717, 1.165) is 35.6 Å². The van der Waals surface area contributed by atoms with Crippen molar-refractivity contribution in [2.45, 2.75) is 20.0 Å². The van der Waals surface area contributed by atoms with Gasteiger partial charge < -0.3 is 24.8 Å². The van der Waals surface area contributed by atoms with Crippen LogP contribution in [0.5, 0.6) is 5.75 Å². The lowest BCUT2D eigenvalue weighted by Crippen LogP contribution is -2.23. The number of hydrogen-bond donors (Lipinski definition) is 2. The molecule has 0 aliphatic heterocycles. The molecule has 12 heteroatoms. The van der Waals surface area contributed by atoms with Crippen molar-refractivity contribution in [1.29, 1.82) is 0 Å². The standard InChI is InChI=1S/C32H27F4N5O3/c1-4-41-29-15-30(40(2)17-18-5-8-21(44-3)9-6-18)37-16-19(29)11-23(31(41)42)22-13-28(26(36)14-25(22)35)39-32(43)38-27-12-20(33)7-10-24(27)34/h5-16H,4,17H2,1-3H3,(H2,38,39,43). The molecule has 2 amide bonds. The molecule has 3 aromatic carbocycles. The van der Waals surface area contributed by atoms with Gasteiger partial charge in [0.25, 0.3) is 5.56 Å². The summed E-state index contributed by atoms with van der Waals surface area (Å²) in [7, 11) is 3.46. The zero-order valence-corrected chi connectivity index (χ0v) is 23.9. The molecular weight excluding hydrogens is 578 g/mol. The Morgan fingerprint density at radius 1 is 0.886 bits per heavy atom. The van der Waals surface area contributed by atoms with Crippen molar-refractivity contribution in [2.24, 2.45) is 0 Å². The minimum absolute atomic E-state index is 0.0855. The van der Waals surface area contributed by atoms with Crippen LogP contribution in [-0.4, -0.2) is 29.7 Å². The van der Waals surface area contributed by atoms with Crippen LogP contribution < -0.4 is 25.8 Å². The highest BCUT2D eigenvalue weighted by Gasteiger charge is 2.19. The van der Waals surface area contributed by atoms with E-state index in [1.165, 1.54) is 10.6 Å². The van der Waals surface area contributed by atoms with Gasteiger partial charge in [0.15, 0.2) is 0 Å². The fourth-order valence-electron chi connectivity index (χ4n) is 4.78. The van der Waals surface area contributed by atoms with Crippen molar-refractivity contribution in [3.05, 3.63) is 112 Å². The molecule has 5 rings (SSSR count). The van der Waals surface area contributed by atoms with Gasteiger partial charge in [-0.05, 0) is 48.9 Å². The van der Waals surface area contributed by atoms with E-state index < -0.39 is 46.2 Å². The molecule has 0 unspecified atom stereocenters. The number of halogens is 4. The van der Waals surface area contributed by atoms with Gasteiger partial charge in [-0.25, -0.2) is 27.3 Å². The minimum Gasteiger partial charge on any atom is -0.497 e. The Kier molecular flexibility index (Phi) is 8.52. The number of rotatable bonds is 8. The molecule has 0 aliphatic rings. The van der Waals surface area contributed by atoms with Gasteiger partial charge in [-0.15, -0.1) is 0 Å². The monoisotopic (exact) mass is 605 g/mol. The van der Waals surface area contributed by atoms with E-state index in [-0.39, 0.29) is 17.7 Å². The van der Waals surface area contributed by atoms with E-state index in [4.69, 9.17) is 4.74 Å². The number of methoxy groups -OCH3 is 1. The van der Waals surface area contributed by atoms with Crippen LogP contribution >= 0.6 is 0 Å². The maximum atomic E-state index is 15.1. The number of urea groups is 1. The third-order valence-electron chi connectivity index (χ3n) is 7.02. The molecule has 5 aromatic rings. The summed E-state index contributed by atoms with van der Waals surface area (Å²) in [6, 6.07) is 13.6. The predicted octanol–water partition coefficient (Wildman–Crippen LogP) is 6.93. The molecule has 2 heterocycles. The van der Waals surface area contributed by atoms with E-state index in [0.29, 0.717) is 29.3 Å². The lowest BCUT2D eigenvalue weighted by molar-refractivity contribution is 0.262. The number of carbonyl (C=O) groups excluding carboxylic acids is 1. The topological polar surface area (TPSA) is 88.5 Å². The molecule has 0 saturated heterocycles. The quantitative estimate of drug-likeness (QED) is 0.187. The van der Waals surface area contributed by atoms with Gasteiger partial charge in [0, 0.05) is 55.5 Å². The number of aromatic nitrogens is 2. The van der Waals surface area contributed by atoms with E-state index >= 15 is 4.39 Å². The Bertz CT molecular complexity index is 1930. The number of ether oxygens (including phenoxy) is 1. The summed E-state index contributed by atoms with van der Waals surface area (Å²) in [4.78, 5) is 32.5. The van der Waals surface area contributed by atoms with Crippen LogP contribution in [0.2, 0.25) is 0 Å². The summed E-state index contributed by atoms with van der Waals surface area (Å²) in [6.45, 7) is 2.53. The average Bonchev–Trinajstić information content (AvgIpc) is 3.00. The van der Waals surface area contributed by atoms with Crippen molar-refractivity contribution in [2.75, 3.05) is 29.7 Å². The average molecular weight is 606 g/mol. The van der Waals surface area contributed by atoms with Gasteiger partial charge in [-0.1, -0.05) is 12.1 Å². The summed E-state index contributed by atoms with van der Waals surface area (Å²) in [6.07, 6.45) is 1.56. The molecule has 226 valence electrons. The fourth-order valence-corrected chi connectivity index (χ4v) is 4.78. The zero-order chi connectivity index (χ0) is 31.5. The van der Waals surface area contributed by atoms with Crippen molar-refractivity contribution in [3.8, 4) is 16.9 Å². The van der Waals surface area contributed by atoms with Crippen LogP contribution in [0.3, 0.4) is 0 Å². The first-order valence-electron chi connectivity index (χ1n) is 13.5. The van der Waals surface area contributed by atoms with Crippen molar-refractivity contribution in [1.82, 2.24) is 9.55 Å². The number of nitrogens with zero attached hydrogens (tertiary/aromatic N) is 3. The van der Waals surface area contributed by atoms with Crippen LogP contribution in [-0.2, 0) is 13.1 Å². The van der Waals surface area contributed by atoms with Crippen LogP contribution in [0, 0.1) is 23.3 Å². The maximum absolute atomic E-state index is 15.1. The molecule has 0 bridgehead atoms. The number of aryl methyl sites for hydroxylation is 1. The van der Waals surface area contributed by atoms with Gasteiger partial charge >= 0.3 is 6.03 Å². The third-order valence-corrected chi connectivity index (χ3v) is 7.02. The number of hydrogen-bond acceptors (Lipinski definition) is 5. The normalized spacial score (nSPS) is 11.0. The Morgan fingerprint density at radius 2 is 1.59 bits per heavy atom. The Morgan fingerprint density at radius 3 is 2.27 bits per heavy atom. The van der Waals surface area contributed by atoms with E-state index in [1.807, 2.05) is 36.2 Å². The lowest BCUT2D eigenvalue weighted by Gasteiger charge is -2.20. The molecule has 0 spiro atoms. The molecule has 2 N–H and O–H groups in total. The highest BCUT2D eigenvalue weighted by Crippen LogP contribution is 2.30. The van der Waals surface area contributed by atoms with Crippen LogP contribution in [0.1, 0.15) is 12.5 Å². The van der Waals surface area contributed by atoms with Crippen molar-refractivity contribution < 1.29 is 27.1 Å². The second kappa shape index (κ2) is 12.5. The highest BCUT2D eigenvalue weighted by atomic mass is 19.1. The molecule has 44 heavy (non-hydrogen) atoms. The van der Waals surface area contributed by atoms with Gasteiger partial charge in [-0.3, -0.25) is 4.79 Å². The Labute approximate surface area is 249 Å². The molecule has 0 atom stereocenters. The predicted molar refractivity (Wildman–Crippen MR) is 161 cm³/mol. The summed E-state index contributed by atoms with van der Waals surface area (Å²) in [5.74, 6) is -2.54. The molecular formula is C32H27F4N5O3. The first-order chi connectivity index (χ1) is 21.1. The maximum Gasteiger partial charge on any atom is 0.323 e. The number of amides is 2. The largest absolute Gasteiger partial charge is 0.497 e. The van der Waals surface area contributed by atoms with Gasteiger partial charge in [0.05, 0.1) is 29.6 Å². The number of carbonyl (C=O) groups is 1. The lowest BCUT2D eigenvalue weighted by atomic mass is 10.0. The smallest absolute Gasteiger partial charge is 0.323 e. The Hall–Kier alpha value is -5.39. The molecule has 0 radical (unpaired) electrons. The molecule has 2 aromatic heterocycles. The molecule has 0 fully saturated rings. The van der Waals surface area contributed by atoms with E-state index in [9.17, 15) is 22.8 Å². The Balaban J connectivity index is 1.47.